The summed E-state index contributed by atoms with van der Waals surface area (Å²) in [6, 6.07) is 27.1. The molecule has 5 rings (SSSR count). The van der Waals surface area contributed by atoms with Gasteiger partial charge in [-0.1, -0.05) is 72.8 Å². The lowest BCUT2D eigenvalue weighted by Crippen LogP contribution is -2.32. The van der Waals surface area contributed by atoms with Gasteiger partial charge in [-0.15, -0.1) is 12.4 Å². The van der Waals surface area contributed by atoms with Crippen molar-refractivity contribution >= 4 is 12.4 Å². The van der Waals surface area contributed by atoms with Crippen LogP contribution < -0.4 is 0 Å². The minimum Gasteiger partial charge on any atom is -0.299 e. The first-order valence-corrected chi connectivity index (χ1v) is 10.8. The first-order chi connectivity index (χ1) is 13.9. The molecule has 0 saturated carbocycles. The second kappa shape index (κ2) is 9.15. The van der Waals surface area contributed by atoms with Gasteiger partial charge in [0.25, 0.3) is 0 Å². The van der Waals surface area contributed by atoms with Crippen LogP contribution in [0, 0.1) is 0 Å². The van der Waals surface area contributed by atoms with Crippen molar-refractivity contribution in [3.63, 3.8) is 0 Å². The van der Waals surface area contributed by atoms with E-state index in [-0.39, 0.29) is 12.4 Å². The number of nitrogens with zero attached hydrogens (tertiary/aromatic N) is 1. The third-order valence-corrected chi connectivity index (χ3v) is 6.64. The van der Waals surface area contributed by atoms with Crippen LogP contribution in [0.5, 0.6) is 0 Å². The second-order valence-corrected chi connectivity index (χ2v) is 8.43. The number of rotatable bonds is 5. The number of hydrogen-bond donors (Lipinski definition) is 0. The van der Waals surface area contributed by atoms with Crippen molar-refractivity contribution in [2.45, 2.75) is 44.6 Å². The Morgan fingerprint density at radius 1 is 0.690 bits per heavy atom. The zero-order valence-corrected chi connectivity index (χ0v) is 17.8. The summed E-state index contributed by atoms with van der Waals surface area (Å²) in [7, 11) is 0. The molecule has 1 nitrogen and oxygen atoms in total. The lowest BCUT2D eigenvalue weighted by atomic mass is 9.88. The Morgan fingerprint density at radius 3 is 1.86 bits per heavy atom. The van der Waals surface area contributed by atoms with E-state index in [1.54, 1.807) is 22.3 Å². The van der Waals surface area contributed by atoms with Crippen molar-refractivity contribution in [3.8, 4) is 0 Å². The van der Waals surface area contributed by atoms with E-state index in [9.17, 15) is 0 Å². The molecular formula is C27H30ClN. The summed E-state index contributed by atoms with van der Waals surface area (Å²) in [6.07, 6.45) is 6.31. The molecule has 150 valence electrons. The lowest BCUT2D eigenvalue weighted by Gasteiger charge is -2.31. The third kappa shape index (κ3) is 4.42. The second-order valence-electron chi connectivity index (χ2n) is 8.43. The number of halogens is 1. The molecule has 2 heteroatoms. The monoisotopic (exact) mass is 403 g/mol. The fourth-order valence-electron chi connectivity index (χ4n) is 5.10. The Bertz CT molecular complexity index is 896. The average Bonchev–Trinajstić information content (AvgIpc) is 3.21. The molecule has 0 atom stereocenters. The van der Waals surface area contributed by atoms with Crippen molar-refractivity contribution in [2.75, 3.05) is 13.1 Å². The maximum Gasteiger partial charge on any atom is 0.0236 e. The van der Waals surface area contributed by atoms with Gasteiger partial charge in [0.05, 0.1) is 0 Å². The molecule has 1 aliphatic heterocycles. The Labute approximate surface area is 181 Å². The highest BCUT2D eigenvalue weighted by molar-refractivity contribution is 5.85. The quantitative estimate of drug-likeness (QED) is 0.491. The molecule has 0 amide bonds. The topological polar surface area (TPSA) is 3.24 Å². The minimum absolute atomic E-state index is 0. The third-order valence-electron chi connectivity index (χ3n) is 6.64. The molecule has 0 aromatic heterocycles. The molecule has 3 aromatic carbocycles. The molecule has 0 fully saturated rings. The molecule has 2 aliphatic rings. The Balaban J connectivity index is 0.00000205. The zero-order chi connectivity index (χ0) is 18.8. The summed E-state index contributed by atoms with van der Waals surface area (Å²) >= 11 is 0. The van der Waals surface area contributed by atoms with E-state index in [0.29, 0.717) is 5.92 Å². The molecule has 0 unspecified atom stereocenters. The number of hydrogen-bond acceptors (Lipinski definition) is 1. The van der Waals surface area contributed by atoms with Gasteiger partial charge in [-0.05, 0) is 72.0 Å². The van der Waals surface area contributed by atoms with Crippen LogP contribution in [0.25, 0.3) is 0 Å². The maximum atomic E-state index is 2.67. The highest BCUT2D eigenvalue weighted by Crippen LogP contribution is 2.31. The van der Waals surface area contributed by atoms with E-state index >= 15 is 0 Å². The van der Waals surface area contributed by atoms with Gasteiger partial charge in [0.1, 0.15) is 0 Å². The molecule has 0 saturated heterocycles. The minimum atomic E-state index is 0. The van der Waals surface area contributed by atoms with Gasteiger partial charge < -0.3 is 0 Å². The SMILES string of the molecule is Cl.c1ccc(C(CCN2CCc3cc4c(cc3C2)CCC4)c2ccccc2)cc1. The summed E-state index contributed by atoms with van der Waals surface area (Å²) in [4.78, 5) is 2.67. The first kappa shape index (κ1) is 20.2. The van der Waals surface area contributed by atoms with Crippen LogP contribution in [0.3, 0.4) is 0 Å². The Hall–Kier alpha value is -2.09. The smallest absolute Gasteiger partial charge is 0.0236 e. The van der Waals surface area contributed by atoms with Gasteiger partial charge in [-0.3, -0.25) is 4.90 Å². The molecule has 0 bridgehead atoms. The van der Waals surface area contributed by atoms with Crippen LogP contribution >= 0.6 is 12.4 Å². The maximum absolute atomic E-state index is 2.67. The molecule has 0 N–H and O–H groups in total. The Morgan fingerprint density at radius 2 is 1.24 bits per heavy atom. The molecule has 1 heterocycles. The van der Waals surface area contributed by atoms with Crippen LogP contribution in [0.15, 0.2) is 72.8 Å². The predicted molar refractivity (Wildman–Crippen MR) is 124 cm³/mol. The van der Waals surface area contributed by atoms with Crippen molar-refractivity contribution in [1.82, 2.24) is 4.90 Å². The number of fused-ring (bicyclic) bond motifs is 2. The van der Waals surface area contributed by atoms with Gasteiger partial charge in [0.15, 0.2) is 0 Å². The van der Waals surface area contributed by atoms with E-state index in [4.69, 9.17) is 0 Å². The normalized spacial score (nSPS) is 15.6. The van der Waals surface area contributed by atoms with Gasteiger partial charge >= 0.3 is 0 Å². The fourth-order valence-corrected chi connectivity index (χ4v) is 5.10. The molecular weight excluding hydrogens is 374 g/mol. The Kier molecular flexibility index (Phi) is 6.37. The van der Waals surface area contributed by atoms with Crippen molar-refractivity contribution in [1.29, 1.82) is 0 Å². The van der Waals surface area contributed by atoms with E-state index in [1.807, 2.05) is 0 Å². The summed E-state index contributed by atoms with van der Waals surface area (Å²) in [5.41, 5.74) is 9.31. The lowest BCUT2D eigenvalue weighted by molar-refractivity contribution is 0.247. The van der Waals surface area contributed by atoms with Gasteiger partial charge in [0, 0.05) is 19.0 Å². The van der Waals surface area contributed by atoms with Gasteiger partial charge in [0.2, 0.25) is 0 Å². The van der Waals surface area contributed by atoms with Gasteiger partial charge in [-0.25, -0.2) is 0 Å². The van der Waals surface area contributed by atoms with E-state index < -0.39 is 0 Å². The summed E-state index contributed by atoms with van der Waals surface area (Å²) in [5.74, 6) is 0.476. The standard InChI is InChI=1S/C27H29N.ClH/c1-3-8-21(9-4-1)27(22-10-5-2-6-11-22)15-17-28-16-14-25-18-23-12-7-13-24(23)19-26(25)20-28;/h1-6,8-11,18-19,27H,7,12-17,20H2;1H. The zero-order valence-electron chi connectivity index (χ0n) is 17.0. The van der Waals surface area contributed by atoms with Crippen LogP contribution in [0.4, 0.5) is 0 Å². The molecule has 29 heavy (non-hydrogen) atoms. The molecule has 1 aliphatic carbocycles. The van der Waals surface area contributed by atoms with E-state index in [0.717, 1.165) is 13.1 Å². The number of aryl methyl sites for hydroxylation is 2. The number of benzene rings is 3. The van der Waals surface area contributed by atoms with Crippen molar-refractivity contribution in [3.05, 3.63) is 106 Å². The van der Waals surface area contributed by atoms with Gasteiger partial charge in [-0.2, -0.15) is 0 Å². The summed E-state index contributed by atoms with van der Waals surface area (Å²) in [6.45, 7) is 3.48. The predicted octanol–water partition coefficient (Wildman–Crippen LogP) is 6.18. The molecule has 0 radical (unpaired) electrons. The van der Waals surface area contributed by atoms with Crippen LogP contribution in [-0.4, -0.2) is 18.0 Å². The summed E-state index contributed by atoms with van der Waals surface area (Å²) in [5, 5.41) is 0. The fraction of sp³-hybridized carbons (Fsp3) is 0.333. The highest BCUT2D eigenvalue weighted by atomic mass is 35.5. The summed E-state index contributed by atoms with van der Waals surface area (Å²) < 4.78 is 0. The largest absolute Gasteiger partial charge is 0.299 e. The van der Waals surface area contributed by atoms with Crippen LogP contribution in [-0.2, 0) is 25.8 Å². The van der Waals surface area contributed by atoms with Crippen LogP contribution in [0.1, 0.15) is 52.1 Å². The first-order valence-electron chi connectivity index (χ1n) is 10.8. The average molecular weight is 404 g/mol. The highest BCUT2D eigenvalue weighted by Gasteiger charge is 2.22. The van der Waals surface area contributed by atoms with Crippen molar-refractivity contribution < 1.29 is 0 Å². The molecule has 3 aromatic rings. The van der Waals surface area contributed by atoms with E-state index in [2.05, 4.69) is 77.7 Å². The van der Waals surface area contributed by atoms with Crippen molar-refractivity contribution in [2.24, 2.45) is 0 Å². The van der Waals surface area contributed by atoms with E-state index in [1.165, 1.54) is 49.8 Å². The molecule has 0 spiro atoms. The van der Waals surface area contributed by atoms with Crippen LogP contribution in [0.2, 0.25) is 0 Å².